The highest BCUT2D eigenvalue weighted by molar-refractivity contribution is 6.07. The Labute approximate surface area is 247 Å². The monoisotopic (exact) mass is 568 g/mol. The number of rotatable bonds is 7. The molecule has 1 atom stereocenters. The van der Waals surface area contributed by atoms with Gasteiger partial charge in [-0.15, -0.1) is 10.2 Å². The maximum atomic E-state index is 11.8. The van der Waals surface area contributed by atoms with E-state index in [4.69, 9.17) is 9.72 Å². The first-order valence-electron chi connectivity index (χ1n) is 14.0. The van der Waals surface area contributed by atoms with E-state index in [0.29, 0.717) is 18.8 Å². The van der Waals surface area contributed by atoms with Crippen molar-refractivity contribution in [3.63, 3.8) is 0 Å². The SMILES string of the molecule is COc1ccc(-c2nc3cc(C4=NNC(=O)CC4C)ccc3n2Cc2ccc(-c3ccccc3-c3nn[nH]n3)cc2)cc1. The second-order valence-corrected chi connectivity index (χ2v) is 10.6. The van der Waals surface area contributed by atoms with Crippen LogP contribution in [-0.4, -0.2) is 48.9 Å². The largest absolute Gasteiger partial charge is 0.497 e. The predicted molar refractivity (Wildman–Crippen MR) is 164 cm³/mol. The molecule has 0 bridgehead atoms. The van der Waals surface area contributed by atoms with Crippen molar-refractivity contribution < 1.29 is 9.53 Å². The van der Waals surface area contributed by atoms with Crippen LogP contribution in [0.25, 0.3) is 44.9 Å². The molecule has 2 N–H and O–H groups in total. The summed E-state index contributed by atoms with van der Waals surface area (Å²) in [5, 5.41) is 19.0. The number of hydrogen-bond acceptors (Lipinski definition) is 7. The highest BCUT2D eigenvalue weighted by atomic mass is 16.5. The van der Waals surface area contributed by atoms with E-state index in [1.165, 1.54) is 0 Å². The Hall–Kier alpha value is -5.64. The minimum atomic E-state index is -0.0623. The second-order valence-electron chi connectivity index (χ2n) is 10.6. The van der Waals surface area contributed by atoms with Gasteiger partial charge in [-0.3, -0.25) is 4.79 Å². The molecule has 212 valence electrons. The van der Waals surface area contributed by atoms with Crippen molar-refractivity contribution >= 4 is 22.7 Å². The summed E-state index contributed by atoms with van der Waals surface area (Å²) in [7, 11) is 1.66. The van der Waals surface area contributed by atoms with E-state index in [2.05, 4.69) is 84.2 Å². The van der Waals surface area contributed by atoms with Crippen LogP contribution in [0, 0.1) is 5.92 Å². The van der Waals surface area contributed by atoms with Gasteiger partial charge in [-0.2, -0.15) is 10.3 Å². The van der Waals surface area contributed by atoms with Gasteiger partial charge in [0.2, 0.25) is 11.7 Å². The minimum absolute atomic E-state index is 0.0260. The fraction of sp³-hybridized carbons (Fsp3) is 0.152. The van der Waals surface area contributed by atoms with Gasteiger partial charge < -0.3 is 9.30 Å². The zero-order chi connectivity index (χ0) is 29.3. The standard InChI is InChI=1S/C33H28N8O2/c1-20-17-30(42)35-36-31(20)24-13-16-29-28(18-24)34-33(23-11-14-25(43-2)15-12-23)41(29)19-21-7-9-22(10-8-21)26-5-3-4-6-27(26)32-37-39-40-38-32/h3-16,18,20H,17,19H2,1-2H3,(H,35,42)(H,37,38,39,40). The third-order valence-corrected chi connectivity index (χ3v) is 7.77. The van der Waals surface area contributed by atoms with Crippen molar-refractivity contribution in [1.82, 2.24) is 35.6 Å². The smallest absolute Gasteiger partial charge is 0.240 e. The van der Waals surface area contributed by atoms with Gasteiger partial charge in [-0.1, -0.05) is 61.5 Å². The summed E-state index contributed by atoms with van der Waals surface area (Å²) in [6, 6.07) is 30.7. The zero-order valence-corrected chi connectivity index (χ0v) is 23.7. The highest BCUT2D eigenvalue weighted by Gasteiger charge is 2.23. The van der Waals surface area contributed by atoms with Crippen LogP contribution in [0.3, 0.4) is 0 Å². The molecule has 4 aromatic carbocycles. The summed E-state index contributed by atoms with van der Waals surface area (Å²) in [5.41, 5.74) is 11.4. The van der Waals surface area contributed by atoms with Crippen LogP contribution < -0.4 is 10.2 Å². The first kappa shape index (κ1) is 26.3. The van der Waals surface area contributed by atoms with Crippen LogP contribution in [0.2, 0.25) is 0 Å². The lowest BCUT2D eigenvalue weighted by atomic mass is 9.94. The van der Waals surface area contributed by atoms with E-state index in [9.17, 15) is 4.79 Å². The quantitative estimate of drug-likeness (QED) is 0.263. The number of aromatic amines is 1. The van der Waals surface area contributed by atoms with Gasteiger partial charge in [0, 0.05) is 35.6 Å². The van der Waals surface area contributed by atoms with Gasteiger partial charge in [0.1, 0.15) is 11.6 Å². The number of imidazole rings is 1. The fourth-order valence-corrected chi connectivity index (χ4v) is 5.59. The van der Waals surface area contributed by atoms with Crippen LogP contribution in [0.1, 0.15) is 24.5 Å². The molecule has 0 saturated carbocycles. The van der Waals surface area contributed by atoms with Crippen LogP contribution in [0.15, 0.2) is 96.1 Å². The lowest BCUT2D eigenvalue weighted by Gasteiger charge is -2.19. The number of amides is 1. The number of hydrogen-bond donors (Lipinski definition) is 2. The number of tetrazole rings is 1. The van der Waals surface area contributed by atoms with E-state index < -0.39 is 0 Å². The normalized spacial score (nSPS) is 14.9. The molecule has 1 aliphatic rings. The van der Waals surface area contributed by atoms with Crippen molar-refractivity contribution in [2.75, 3.05) is 7.11 Å². The van der Waals surface area contributed by atoms with E-state index in [1.807, 2.05) is 49.4 Å². The van der Waals surface area contributed by atoms with E-state index in [-0.39, 0.29) is 11.8 Å². The van der Waals surface area contributed by atoms with Crippen LogP contribution >= 0.6 is 0 Å². The number of carbonyl (C=O) groups is 1. The molecule has 0 fully saturated rings. The van der Waals surface area contributed by atoms with E-state index in [0.717, 1.165) is 61.7 Å². The van der Waals surface area contributed by atoms with Crippen LogP contribution in [0.5, 0.6) is 5.75 Å². The molecule has 1 aliphatic heterocycles. The average molecular weight is 569 g/mol. The third-order valence-electron chi connectivity index (χ3n) is 7.77. The molecule has 0 aliphatic carbocycles. The number of H-pyrrole nitrogens is 1. The Morgan fingerprint density at radius 2 is 1.65 bits per heavy atom. The van der Waals surface area contributed by atoms with Gasteiger partial charge in [0.15, 0.2) is 0 Å². The minimum Gasteiger partial charge on any atom is -0.497 e. The summed E-state index contributed by atoms with van der Waals surface area (Å²) < 4.78 is 7.62. The topological polar surface area (TPSA) is 123 Å². The van der Waals surface area contributed by atoms with Crippen molar-refractivity contribution in [3.8, 4) is 39.7 Å². The summed E-state index contributed by atoms with van der Waals surface area (Å²) in [5.74, 6) is 2.17. The van der Waals surface area contributed by atoms with Crippen LogP contribution in [-0.2, 0) is 11.3 Å². The Kier molecular flexibility index (Phi) is 6.71. The number of hydrazone groups is 1. The Morgan fingerprint density at radius 1 is 0.907 bits per heavy atom. The second kappa shape index (κ2) is 11.0. The Morgan fingerprint density at radius 3 is 2.37 bits per heavy atom. The van der Waals surface area contributed by atoms with Gasteiger partial charge in [0.05, 0.1) is 23.9 Å². The molecule has 1 unspecified atom stereocenters. The molecule has 6 aromatic rings. The molecule has 3 heterocycles. The maximum Gasteiger partial charge on any atom is 0.240 e. The van der Waals surface area contributed by atoms with E-state index in [1.54, 1.807) is 7.11 Å². The number of methoxy groups -OCH3 is 1. The lowest BCUT2D eigenvalue weighted by molar-refractivity contribution is -0.121. The molecule has 0 spiro atoms. The van der Waals surface area contributed by atoms with Crippen molar-refractivity contribution in [2.45, 2.75) is 19.9 Å². The predicted octanol–water partition coefficient (Wildman–Crippen LogP) is 5.47. The van der Waals surface area contributed by atoms with Gasteiger partial charge in [0.25, 0.3) is 0 Å². The number of ether oxygens (including phenoxy) is 1. The fourth-order valence-electron chi connectivity index (χ4n) is 5.59. The molecular formula is C33H28N8O2. The average Bonchev–Trinajstić information content (AvgIpc) is 3.70. The first-order chi connectivity index (χ1) is 21.1. The van der Waals surface area contributed by atoms with Gasteiger partial charge >= 0.3 is 0 Å². The Balaban J connectivity index is 1.27. The van der Waals surface area contributed by atoms with Crippen LogP contribution in [0.4, 0.5) is 0 Å². The number of benzene rings is 4. The number of nitrogens with zero attached hydrogens (tertiary/aromatic N) is 6. The number of aromatic nitrogens is 6. The third kappa shape index (κ3) is 5.03. The lowest BCUT2D eigenvalue weighted by Crippen LogP contribution is -2.31. The molecule has 43 heavy (non-hydrogen) atoms. The van der Waals surface area contributed by atoms with E-state index >= 15 is 0 Å². The molecular weight excluding hydrogens is 540 g/mol. The summed E-state index contributed by atoms with van der Waals surface area (Å²) >= 11 is 0. The molecule has 7 rings (SSSR count). The van der Waals surface area contributed by atoms with Crippen molar-refractivity contribution in [3.05, 3.63) is 102 Å². The maximum absolute atomic E-state index is 11.8. The van der Waals surface area contributed by atoms with Gasteiger partial charge in [-0.25, -0.2) is 10.4 Å². The van der Waals surface area contributed by atoms with Crippen molar-refractivity contribution in [1.29, 1.82) is 0 Å². The number of nitrogens with one attached hydrogen (secondary N) is 2. The highest BCUT2D eigenvalue weighted by Crippen LogP contribution is 2.32. The van der Waals surface area contributed by atoms with Gasteiger partial charge in [-0.05, 0) is 58.3 Å². The molecule has 0 saturated heterocycles. The number of fused-ring (bicyclic) bond motifs is 1. The first-order valence-corrected chi connectivity index (χ1v) is 14.0. The Bertz CT molecular complexity index is 1960. The molecule has 2 aromatic heterocycles. The summed E-state index contributed by atoms with van der Waals surface area (Å²) in [6.45, 7) is 2.64. The molecule has 1 amide bonds. The summed E-state index contributed by atoms with van der Waals surface area (Å²) in [6.07, 6.45) is 0.415. The molecule has 0 radical (unpaired) electrons. The van der Waals surface area contributed by atoms with Crippen molar-refractivity contribution in [2.24, 2.45) is 11.0 Å². The zero-order valence-electron chi connectivity index (χ0n) is 23.7. The molecule has 10 heteroatoms. The number of carbonyl (C=O) groups excluding carboxylic acids is 1. The molecule has 10 nitrogen and oxygen atoms in total. The summed E-state index contributed by atoms with van der Waals surface area (Å²) in [4.78, 5) is 16.9.